The van der Waals surface area contributed by atoms with Gasteiger partial charge in [0, 0.05) is 12.8 Å². The standard InChI is InChI=1S/C38H66O6/c1-3-5-7-9-11-13-15-17-19-21-23-25-27-29-31-33-35(39)43-37(41)38(42)44-36(40)34-32-30-28-26-24-22-20-18-16-14-12-10-8-6-4-2/h17-20H,3-16,21-34H2,1-2H3/b19-17-,20-18-. The molecule has 6 nitrogen and oxygen atoms in total. The van der Waals surface area contributed by atoms with E-state index in [1.54, 1.807) is 0 Å². The van der Waals surface area contributed by atoms with Crippen molar-refractivity contribution in [1.82, 2.24) is 0 Å². The van der Waals surface area contributed by atoms with Crippen LogP contribution in [0.4, 0.5) is 0 Å². The van der Waals surface area contributed by atoms with Gasteiger partial charge in [0.05, 0.1) is 0 Å². The first-order valence-electron chi connectivity index (χ1n) is 18.3. The molecule has 0 heterocycles. The van der Waals surface area contributed by atoms with Gasteiger partial charge in [0.15, 0.2) is 0 Å². The van der Waals surface area contributed by atoms with Crippen LogP contribution in [0.25, 0.3) is 0 Å². The summed E-state index contributed by atoms with van der Waals surface area (Å²) in [6, 6.07) is 0. The van der Waals surface area contributed by atoms with Gasteiger partial charge in [-0.25, -0.2) is 9.59 Å². The second-order valence-electron chi connectivity index (χ2n) is 12.2. The summed E-state index contributed by atoms with van der Waals surface area (Å²) in [5.74, 6) is -4.34. The predicted molar refractivity (Wildman–Crippen MR) is 181 cm³/mol. The van der Waals surface area contributed by atoms with Gasteiger partial charge in [-0.2, -0.15) is 0 Å². The molecule has 254 valence electrons. The summed E-state index contributed by atoms with van der Waals surface area (Å²) in [6.07, 6.45) is 39.2. The fourth-order valence-electron chi connectivity index (χ4n) is 5.07. The first-order chi connectivity index (χ1) is 21.5. The maximum absolute atomic E-state index is 11.9. The maximum Gasteiger partial charge on any atom is 0.425 e. The summed E-state index contributed by atoms with van der Waals surface area (Å²) in [5, 5.41) is 0. The quantitative estimate of drug-likeness (QED) is 0.0262. The van der Waals surface area contributed by atoms with E-state index < -0.39 is 23.9 Å². The van der Waals surface area contributed by atoms with Gasteiger partial charge in [-0.3, -0.25) is 9.59 Å². The van der Waals surface area contributed by atoms with E-state index in [0.29, 0.717) is 12.8 Å². The first-order valence-corrected chi connectivity index (χ1v) is 18.3. The molecule has 0 bridgehead atoms. The highest BCUT2D eigenvalue weighted by Gasteiger charge is 2.23. The number of esters is 4. The molecule has 0 aromatic carbocycles. The Balaban J connectivity index is 3.61. The van der Waals surface area contributed by atoms with Crippen LogP contribution < -0.4 is 0 Å². The Morgan fingerprint density at radius 3 is 0.909 bits per heavy atom. The van der Waals surface area contributed by atoms with Gasteiger partial charge in [-0.1, -0.05) is 141 Å². The molecule has 0 saturated heterocycles. The number of hydrogen-bond acceptors (Lipinski definition) is 6. The number of ether oxygens (including phenoxy) is 2. The Morgan fingerprint density at radius 1 is 0.364 bits per heavy atom. The van der Waals surface area contributed by atoms with Crippen molar-refractivity contribution in [3.05, 3.63) is 24.3 Å². The lowest BCUT2D eigenvalue weighted by molar-refractivity contribution is -0.177. The monoisotopic (exact) mass is 618 g/mol. The van der Waals surface area contributed by atoms with Crippen molar-refractivity contribution in [2.75, 3.05) is 0 Å². The molecule has 0 fully saturated rings. The summed E-state index contributed by atoms with van der Waals surface area (Å²) >= 11 is 0. The molecular formula is C38H66O6. The van der Waals surface area contributed by atoms with E-state index in [1.165, 1.54) is 89.9 Å². The van der Waals surface area contributed by atoms with Crippen LogP contribution in [0.2, 0.25) is 0 Å². The first kappa shape index (κ1) is 41.8. The third-order valence-electron chi connectivity index (χ3n) is 7.87. The third-order valence-corrected chi connectivity index (χ3v) is 7.87. The minimum Gasteiger partial charge on any atom is -0.384 e. The second kappa shape index (κ2) is 33.6. The van der Waals surface area contributed by atoms with E-state index in [2.05, 4.69) is 47.6 Å². The van der Waals surface area contributed by atoms with Crippen LogP contribution in [0.5, 0.6) is 0 Å². The minimum absolute atomic E-state index is 0.0695. The van der Waals surface area contributed by atoms with Crippen molar-refractivity contribution in [3.63, 3.8) is 0 Å². The van der Waals surface area contributed by atoms with Crippen LogP contribution in [0.15, 0.2) is 24.3 Å². The highest BCUT2D eigenvalue weighted by molar-refractivity contribution is 6.33. The number of hydrogen-bond donors (Lipinski definition) is 0. The fourth-order valence-corrected chi connectivity index (χ4v) is 5.07. The molecule has 44 heavy (non-hydrogen) atoms. The Morgan fingerprint density at radius 2 is 0.614 bits per heavy atom. The SMILES string of the molecule is CCCCCCCC/C=C\CCCCCCCC(=O)OC(=O)C(=O)OC(=O)CCCCCCC/C=C\CCCCCCCC. The highest BCUT2D eigenvalue weighted by Crippen LogP contribution is 2.12. The Bertz CT molecular complexity index is 705. The van der Waals surface area contributed by atoms with Crippen LogP contribution in [0.3, 0.4) is 0 Å². The summed E-state index contributed by atoms with van der Waals surface area (Å²) in [5.41, 5.74) is 0. The zero-order valence-electron chi connectivity index (χ0n) is 28.6. The van der Waals surface area contributed by atoms with Gasteiger partial charge in [-0.15, -0.1) is 0 Å². The molecule has 0 spiro atoms. The minimum atomic E-state index is -1.42. The molecule has 6 heteroatoms. The second-order valence-corrected chi connectivity index (χ2v) is 12.2. The predicted octanol–water partition coefficient (Wildman–Crippen LogP) is 11.2. The number of carbonyl (C=O) groups excluding carboxylic acids is 4. The summed E-state index contributed by atoms with van der Waals surface area (Å²) in [4.78, 5) is 47.3. The van der Waals surface area contributed by atoms with Crippen molar-refractivity contribution < 1.29 is 28.7 Å². The lowest BCUT2D eigenvalue weighted by Gasteiger charge is -2.04. The van der Waals surface area contributed by atoms with Crippen LogP contribution in [-0.4, -0.2) is 23.9 Å². The molecule has 0 atom stereocenters. The van der Waals surface area contributed by atoms with E-state index in [-0.39, 0.29) is 12.8 Å². The summed E-state index contributed by atoms with van der Waals surface area (Å²) in [7, 11) is 0. The fraction of sp³-hybridized carbons (Fsp3) is 0.789. The van der Waals surface area contributed by atoms with Gasteiger partial charge in [0.1, 0.15) is 0 Å². The van der Waals surface area contributed by atoms with Gasteiger partial charge in [-0.05, 0) is 64.2 Å². The van der Waals surface area contributed by atoms with Crippen LogP contribution in [0, 0.1) is 0 Å². The molecular weight excluding hydrogens is 552 g/mol. The lowest BCUT2D eigenvalue weighted by Crippen LogP contribution is -2.25. The van der Waals surface area contributed by atoms with E-state index in [9.17, 15) is 19.2 Å². The molecule has 0 aliphatic rings. The lowest BCUT2D eigenvalue weighted by atomic mass is 10.1. The van der Waals surface area contributed by atoms with E-state index in [0.717, 1.165) is 64.2 Å². The Hall–Kier alpha value is -2.24. The van der Waals surface area contributed by atoms with Crippen molar-refractivity contribution in [2.45, 2.75) is 194 Å². The molecule has 0 amide bonds. The number of allylic oxidation sites excluding steroid dienone is 4. The van der Waals surface area contributed by atoms with Crippen molar-refractivity contribution in [1.29, 1.82) is 0 Å². The average molecular weight is 619 g/mol. The molecule has 0 aliphatic carbocycles. The van der Waals surface area contributed by atoms with Gasteiger partial charge < -0.3 is 9.47 Å². The van der Waals surface area contributed by atoms with Gasteiger partial charge in [0.25, 0.3) is 0 Å². The highest BCUT2D eigenvalue weighted by atomic mass is 16.6. The molecule has 0 saturated carbocycles. The van der Waals surface area contributed by atoms with Gasteiger partial charge >= 0.3 is 23.9 Å². The molecule has 0 unspecified atom stereocenters. The molecule has 0 aliphatic heterocycles. The topological polar surface area (TPSA) is 86.7 Å². The third kappa shape index (κ3) is 31.2. The van der Waals surface area contributed by atoms with Crippen LogP contribution >= 0.6 is 0 Å². The van der Waals surface area contributed by atoms with E-state index >= 15 is 0 Å². The van der Waals surface area contributed by atoms with Crippen LogP contribution in [0.1, 0.15) is 194 Å². The normalized spacial score (nSPS) is 11.4. The van der Waals surface area contributed by atoms with E-state index in [4.69, 9.17) is 0 Å². The van der Waals surface area contributed by atoms with Crippen molar-refractivity contribution in [3.8, 4) is 0 Å². The Kier molecular flexibility index (Phi) is 31.9. The van der Waals surface area contributed by atoms with Crippen molar-refractivity contribution in [2.24, 2.45) is 0 Å². The molecule has 0 N–H and O–H groups in total. The number of carbonyl (C=O) groups is 4. The maximum atomic E-state index is 11.9. The molecule has 0 radical (unpaired) electrons. The largest absolute Gasteiger partial charge is 0.425 e. The molecule has 0 rings (SSSR count). The zero-order chi connectivity index (χ0) is 32.4. The molecule has 0 aromatic rings. The van der Waals surface area contributed by atoms with Crippen molar-refractivity contribution >= 4 is 23.9 Å². The molecule has 0 aromatic heterocycles. The zero-order valence-corrected chi connectivity index (χ0v) is 28.6. The van der Waals surface area contributed by atoms with Gasteiger partial charge in [0.2, 0.25) is 0 Å². The Labute approximate surface area is 270 Å². The van der Waals surface area contributed by atoms with E-state index in [1.807, 2.05) is 0 Å². The smallest absolute Gasteiger partial charge is 0.384 e. The average Bonchev–Trinajstić information content (AvgIpc) is 3.00. The summed E-state index contributed by atoms with van der Waals surface area (Å²) < 4.78 is 9.09. The number of rotatable bonds is 30. The van der Waals surface area contributed by atoms with Crippen LogP contribution in [-0.2, 0) is 28.7 Å². The summed E-state index contributed by atoms with van der Waals surface area (Å²) in [6.45, 7) is 4.48. The number of unbranched alkanes of at least 4 members (excludes halogenated alkanes) is 22.